The van der Waals surface area contributed by atoms with Gasteiger partial charge in [-0.25, -0.2) is 0 Å². The van der Waals surface area contributed by atoms with Crippen molar-refractivity contribution in [3.63, 3.8) is 0 Å². The zero-order chi connectivity index (χ0) is 36.0. The Balaban J connectivity index is 1.21. The third-order valence-corrected chi connectivity index (χ3v) is 12.3. The van der Waals surface area contributed by atoms with E-state index >= 15 is 0 Å². The molecule has 8 aromatic rings. The van der Waals surface area contributed by atoms with Crippen LogP contribution in [-0.4, -0.2) is 0 Å². The molecule has 1 aromatic heterocycles. The van der Waals surface area contributed by atoms with Gasteiger partial charge in [-0.3, -0.25) is 0 Å². The summed E-state index contributed by atoms with van der Waals surface area (Å²) in [6.07, 6.45) is 0. The molecule has 0 amide bonds. The van der Waals surface area contributed by atoms with E-state index in [9.17, 15) is 0 Å². The van der Waals surface area contributed by atoms with Crippen LogP contribution in [0.5, 0.6) is 0 Å². The molecule has 53 heavy (non-hydrogen) atoms. The molecule has 2 nitrogen and oxygen atoms in total. The molecule has 0 radical (unpaired) electrons. The van der Waals surface area contributed by atoms with Crippen molar-refractivity contribution in [1.29, 1.82) is 0 Å². The second-order valence-electron chi connectivity index (χ2n) is 17.4. The molecule has 3 aliphatic carbocycles. The van der Waals surface area contributed by atoms with Crippen LogP contribution in [0.4, 0.5) is 17.1 Å². The maximum absolute atomic E-state index is 6.65. The second kappa shape index (κ2) is 10.2. The minimum absolute atomic E-state index is 0.0710. The van der Waals surface area contributed by atoms with Crippen molar-refractivity contribution in [3.8, 4) is 33.4 Å². The minimum atomic E-state index is -0.430. The topological polar surface area (TPSA) is 16.4 Å². The van der Waals surface area contributed by atoms with E-state index in [4.69, 9.17) is 4.42 Å². The van der Waals surface area contributed by atoms with E-state index in [1.54, 1.807) is 0 Å². The maximum Gasteiger partial charge on any atom is 0.136 e. The fourth-order valence-corrected chi connectivity index (χ4v) is 9.79. The fraction of sp³-hybridized carbons (Fsp3) is 0.176. The summed E-state index contributed by atoms with van der Waals surface area (Å²) in [5.74, 6) is 0. The first-order valence-corrected chi connectivity index (χ1v) is 18.9. The van der Waals surface area contributed by atoms with Gasteiger partial charge in [0.1, 0.15) is 11.2 Å². The Morgan fingerprint density at radius 3 is 1.74 bits per heavy atom. The Hall–Kier alpha value is -5.86. The van der Waals surface area contributed by atoms with Crippen LogP contribution >= 0.6 is 0 Å². The summed E-state index contributed by atoms with van der Waals surface area (Å²) in [4.78, 5) is 2.44. The van der Waals surface area contributed by atoms with Crippen molar-refractivity contribution in [2.24, 2.45) is 0 Å². The van der Waals surface area contributed by atoms with Gasteiger partial charge >= 0.3 is 0 Å². The Morgan fingerprint density at radius 2 is 1.04 bits per heavy atom. The molecule has 7 aromatic carbocycles. The largest absolute Gasteiger partial charge is 0.456 e. The Kier molecular flexibility index (Phi) is 5.90. The van der Waals surface area contributed by atoms with Gasteiger partial charge in [-0.15, -0.1) is 0 Å². The average Bonchev–Trinajstić information content (AvgIpc) is 3.78. The zero-order valence-corrected chi connectivity index (χ0v) is 31.1. The molecule has 3 aliphatic rings. The lowest BCUT2D eigenvalue weighted by molar-refractivity contribution is 0.590. The number of hydrogen-bond donors (Lipinski definition) is 0. The van der Waals surface area contributed by atoms with E-state index < -0.39 is 5.41 Å². The van der Waals surface area contributed by atoms with E-state index in [2.05, 4.69) is 186 Å². The number of furan rings is 1. The standard InChI is InChI=1S/C51H41NO/c1-49(2,3)31-16-20-33(21-17-31)52(34-22-18-32(19-23-34)50(4,5)6)35-24-26-38-40-29-45-47(39-12-8-10-14-44(39)53-45)46-30-15-25-37-36-11-7-9-13-41(36)51(48(40)46,42(37)27-30)43(38)28-35/h7-29H,1-6H3. The van der Waals surface area contributed by atoms with Gasteiger partial charge in [0.15, 0.2) is 0 Å². The molecule has 1 spiro atoms. The molecular formula is C51H41NO. The van der Waals surface area contributed by atoms with Crippen molar-refractivity contribution in [1.82, 2.24) is 0 Å². The lowest BCUT2D eigenvalue weighted by Gasteiger charge is -2.36. The summed E-state index contributed by atoms with van der Waals surface area (Å²) >= 11 is 0. The van der Waals surface area contributed by atoms with Gasteiger partial charge in [0, 0.05) is 27.8 Å². The summed E-state index contributed by atoms with van der Waals surface area (Å²) in [5, 5.41) is 2.39. The van der Waals surface area contributed by atoms with Gasteiger partial charge < -0.3 is 9.32 Å². The smallest absolute Gasteiger partial charge is 0.136 e. The third-order valence-electron chi connectivity index (χ3n) is 12.3. The van der Waals surface area contributed by atoms with E-state index in [-0.39, 0.29) is 10.8 Å². The van der Waals surface area contributed by atoms with Gasteiger partial charge in [0.2, 0.25) is 0 Å². The highest BCUT2D eigenvalue weighted by Crippen LogP contribution is 2.68. The molecule has 0 aliphatic heterocycles. The highest BCUT2D eigenvalue weighted by molar-refractivity contribution is 6.18. The molecule has 1 atom stereocenters. The van der Waals surface area contributed by atoms with E-state index in [0.29, 0.717) is 0 Å². The van der Waals surface area contributed by atoms with Gasteiger partial charge in [0.25, 0.3) is 0 Å². The molecule has 0 fully saturated rings. The Morgan fingerprint density at radius 1 is 0.472 bits per heavy atom. The van der Waals surface area contributed by atoms with Crippen LogP contribution in [-0.2, 0) is 16.2 Å². The molecule has 2 heteroatoms. The first-order valence-electron chi connectivity index (χ1n) is 18.9. The van der Waals surface area contributed by atoms with Crippen molar-refractivity contribution in [2.45, 2.75) is 57.8 Å². The normalized spacial score (nSPS) is 16.2. The Labute approximate surface area is 311 Å². The quantitative estimate of drug-likeness (QED) is 0.184. The van der Waals surface area contributed by atoms with Crippen LogP contribution in [0.3, 0.4) is 0 Å². The molecule has 0 saturated carbocycles. The van der Waals surface area contributed by atoms with Gasteiger partial charge in [0.05, 0.1) is 5.41 Å². The molecule has 11 rings (SSSR count). The van der Waals surface area contributed by atoms with E-state index in [1.165, 1.54) is 77.5 Å². The number of benzene rings is 7. The molecule has 0 saturated heterocycles. The number of nitrogens with zero attached hydrogens (tertiary/aromatic N) is 1. The highest BCUT2D eigenvalue weighted by Gasteiger charge is 2.55. The number of fused-ring (bicyclic) bond motifs is 10. The summed E-state index contributed by atoms with van der Waals surface area (Å²) in [5.41, 5.74) is 21.0. The number of hydrogen-bond acceptors (Lipinski definition) is 2. The lowest BCUT2D eigenvalue weighted by Crippen LogP contribution is -2.29. The number of para-hydroxylation sites is 1. The van der Waals surface area contributed by atoms with Crippen LogP contribution < -0.4 is 4.90 Å². The second-order valence-corrected chi connectivity index (χ2v) is 17.4. The van der Waals surface area contributed by atoms with Crippen molar-refractivity contribution in [2.75, 3.05) is 4.90 Å². The minimum Gasteiger partial charge on any atom is -0.456 e. The number of rotatable bonds is 3. The maximum atomic E-state index is 6.65. The third kappa shape index (κ3) is 3.99. The van der Waals surface area contributed by atoms with Gasteiger partial charge in [-0.2, -0.15) is 0 Å². The first-order chi connectivity index (χ1) is 25.5. The van der Waals surface area contributed by atoms with Crippen molar-refractivity contribution >= 4 is 39.0 Å². The molecule has 1 heterocycles. The summed E-state index contributed by atoms with van der Waals surface area (Å²) in [6.45, 7) is 13.7. The highest BCUT2D eigenvalue weighted by atomic mass is 16.3. The number of anilines is 3. The Bertz CT molecular complexity index is 2780. The van der Waals surface area contributed by atoms with Crippen molar-refractivity contribution < 1.29 is 4.42 Å². The van der Waals surface area contributed by atoms with E-state index in [1.807, 2.05) is 0 Å². The molecular weight excluding hydrogens is 643 g/mol. The molecule has 0 N–H and O–H groups in total. The van der Waals surface area contributed by atoms with Gasteiger partial charge in [-0.1, -0.05) is 126 Å². The summed E-state index contributed by atoms with van der Waals surface area (Å²) in [6, 6.07) is 52.7. The van der Waals surface area contributed by atoms with Crippen LogP contribution in [0.1, 0.15) is 74.9 Å². The SMILES string of the molecule is CC(C)(C)c1ccc(N(c2ccc(C(C)(C)C)cc2)c2ccc3c(c2)C24c5ccccc5-c5ccc(cc52)-c2c4c-3cc3oc4ccccc4c23)cc1. The predicted octanol–water partition coefficient (Wildman–Crippen LogP) is 14.0. The predicted molar refractivity (Wildman–Crippen MR) is 221 cm³/mol. The van der Waals surface area contributed by atoms with Crippen LogP contribution in [0, 0.1) is 0 Å². The van der Waals surface area contributed by atoms with Crippen molar-refractivity contribution in [3.05, 3.63) is 173 Å². The average molecular weight is 684 g/mol. The van der Waals surface area contributed by atoms with Gasteiger partial charge in [-0.05, 0) is 132 Å². The fourth-order valence-electron chi connectivity index (χ4n) is 9.79. The van der Waals surface area contributed by atoms with Crippen LogP contribution in [0.25, 0.3) is 55.3 Å². The lowest BCUT2D eigenvalue weighted by atomic mass is 9.65. The summed E-state index contributed by atoms with van der Waals surface area (Å²) < 4.78 is 6.65. The van der Waals surface area contributed by atoms with Crippen LogP contribution in [0.2, 0.25) is 0 Å². The molecule has 2 bridgehead atoms. The first kappa shape index (κ1) is 30.7. The summed E-state index contributed by atoms with van der Waals surface area (Å²) in [7, 11) is 0. The van der Waals surface area contributed by atoms with Crippen LogP contribution in [0.15, 0.2) is 144 Å². The molecule has 256 valence electrons. The van der Waals surface area contributed by atoms with E-state index in [0.717, 1.165) is 28.2 Å². The molecule has 1 unspecified atom stereocenters. The zero-order valence-electron chi connectivity index (χ0n) is 31.1. The monoisotopic (exact) mass is 683 g/mol.